The van der Waals surface area contributed by atoms with Gasteiger partial charge in [-0.1, -0.05) is 135 Å². The lowest BCUT2D eigenvalue weighted by Crippen LogP contribution is -2.19. The van der Waals surface area contributed by atoms with Crippen LogP contribution in [-0.2, 0) is 0 Å². The van der Waals surface area contributed by atoms with Crippen LogP contribution in [0.2, 0.25) is 0 Å². The molecule has 0 nitrogen and oxygen atoms in total. The molecule has 0 heterocycles. The minimum absolute atomic E-state index is 1.07. The summed E-state index contributed by atoms with van der Waals surface area (Å²) in [5.41, 5.74) is 0. The topological polar surface area (TPSA) is 0 Å². The van der Waals surface area contributed by atoms with Crippen LogP contribution in [0.15, 0.2) is 12.2 Å². The van der Waals surface area contributed by atoms with Crippen molar-refractivity contribution < 1.29 is 0 Å². The first kappa shape index (κ1) is 23.8. The van der Waals surface area contributed by atoms with Gasteiger partial charge in [0.2, 0.25) is 0 Å². The maximum absolute atomic E-state index is 2.41. The van der Waals surface area contributed by atoms with Gasteiger partial charge in [0, 0.05) is 0 Å². The first-order valence-electron chi connectivity index (χ1n) is 12.5. The zero-order valence-corrected chi connectivity index (χ0v) is 18.5. The molecule has 2 unspecified atom stereocenters. The average molecular weight is 363 g/mol. The largest absolute Gasteiger partial charge is 0.0885 e. The Morgan fingerprint density at radius 2 is 1.04 bits per heavy atom. The Bertz CT molecular complexity index is 303. The lowest BCUT2D eigenvalue weighted by Gasteiger charge is -2.32. The van der Waals surface area contributed by atoms with Crippen molar-refractivity contribution in [3.8, 4) is 0 Å². The number of hydrogen-bond donors (Lipinski definition) is 0. The molecule has 0 aromatic rings. The van der Waals surface area contributed by atoms with Crippen LogP contribution in [0, 0.1) is 11.8 Å². The fraction of sp³-hybridized carbons (Fsp3) is 0.923. The third-order valence-corrected chi connectivity index (χ3v) is 6.56. The summed E-state index contributed by atoms with van der Waals surface area (Å²) in [6.07, 6.45) is 33.9. The minimum Gasteiger partial charge on any atom is -0.0885 e. The van der Waals surface area contributed by atoms with Crippen LogP contribution in [0.5, 0.6) is 0 Å². The highest BCUT2D eigenvalue weighted by molar-refractivity contribution is 4.81. The van der Waals surface area contributed by atoms with Gasteiger partial charge in [-0.3, -0.25) is 0 Å². The monoisotopic (exact) mass is 362 g/mol. The smallest absolute Gasteiger partial charge is 0.0351 e. The van der Waals surface area contributed by atoms with E-state index in [1.54, 1.807) is 12.8 Å². The van der Waals surface area contributed by atoms with Crippen LogP contribution in [0.25, 0.3) is 0 Å². The van der Waals surface area contributed by atoms with E-state index in [-0.39, 0.29) is 0 Å². The van der Waals surface area contributed by atoms with Crippen LogP contribution in [0.3, 0.4) is 0 Å². The molecule has 1 aliphatic carbocycles. The molecule has 0 aromatic heterocycles. The zero-order valence-electron chi connectivity index (χ0n) is 18.5. The molecule has 1 fully saturated rings. The minimum atomic E-state index is 1.07. The van der Waals surface area contributed by atoms with Gasteiger partial charge in [-0.15, -0.1) is 0 Å². The highest BCUT2D eigenvalue weighted by Crippen LogP contribution is 2.36. The summed E-state index contributed by atoms with van der Waals surface area (Å²) in [7, 11) is 0. The fourth-order valence-electron chi connectivity index (χ4n) is 4.83. The molecule has 1 saturated carbocycles. The summed E-state index contributed by atoms with van der Waals surface area (Å²) in [5.74, 6) is 2.15. The van der Waals surface area contributed by atoms with Crippen molar-refractivity contribution in [2.75, 3.05) is 0 Å². The molecule has 0 saturated heterocycles. The lowest BCUT2D eigenvalue weighted by molar-refractivity contribution is 0.202. The van der Waals surface area contributed by atoms with Gasteiger partial charge < -0.3 is 0 Å². The van der Waals surface area contributed by atoms with E-state index in [9.17, 15) is 0 Å². The first-order valence-corrected chi connectivity index (χ1v) is 12.5. The highest BCUT2D eigenvalue weighted by atomic mass is 14.3. The third-order valence-electron chi connectivity index (χ3n) is 6.56. The summed E-state index contributed by atoms with van der Waals surface area (Å²) in [6.45, 7) is 4.57. The fourth-order valence-corrected chi connectivity index (χ4v) is 4.83. The van der Waals surface area contributed by atoms with Gasteiger partial charge in [-0.2, -0.15) is 0 Å². The Balaban J connectivity index is 2.02. The quantitative estimate of drug-likeness (QED) is 0.178. The third kappa shape index (κ3) is 13.0. The molecule has 1 rings (SSSR count). The van der Waals surface area contributed by atoms with Crippen molar-refractivity contribution >= 4 is 0 Å². The maximum atomic E-state index is 2.41. The van der Waals surface area contributed by atoms with Gasteiger partial charge in [0.25, 0.3) is 0 Å². The van der Waals surface area contributed by atoms with E-state index in [4.69, 9.17) is 0 Å². The van der Waals surface area contributed by atoms with Crippen molar-refractivity contribution in [1.82, 2.24) is 0 Å². The SMILES string of the molecule is CCCC=CCCCCCC1CCCCC1CCCCCCCCCC. The van der Waals surface area contributed by atoms with E-state index >= 15 is 0 Å². The zero-order chi connectivity index (χ0) is 18.7. The predicted molar refractivity (Wildman–Crippen MR) is 120 cm³/mol. The van der Waals surface area contributed by atoms with Crippen molar-refractivity contribution in [2.24, 2.45) is 11.8 Å². The van der Waals surface area contributed by atoms with Gasteiger partial charge in [0.05, 0.1) is 0 Å². The van der Waals surface area contributed by atoms with E-state index < -0.39 is 0 Å². The Kier molecular flexibility index (Phi) is 16.6. The number of hydrogen-bond acceptors (Lipinski definition) is 0. The average Bonchev–Trinajstić information content (AvgIpc) is 2.67. The molecule has 2 atom stereocenters. The van der Waals surface area contributed by atoms with Gasteiger partial charge in [0.1, 0.15) is 0 Å². The van der Waals surface area contributed by atoms with E-state index in [1.165, 1.54) is 116 Å². The summed E-state index contributed by atoms with van der Waals surface area (Å²) in [4.78, 5) is 0. The molecule has 0 amide bonds. The first-order chi connectivity index (χ1) is 12.9. The van der Waals surface area contributed by atoms with Crippen molar-refractivity contribution in [3.05, 3.63) is 12.2 Å². The molecule has 0 N–H and O–H groups in total. The molecule has 0 radical (unpaired) electrons. The number of allylic oxidation sites excluding steroid dienone is 2. The van der Waals surface area contributed by atoms with Gasteiger partial charge in [-0.25, -0.2) is 0 Å². The van der Waals surface area contributed by atoms with Gasteiger partial charge >= 0.3 is 0 Å². The molecule has 0 spiro atoms. The normalized spacial score (nSPS) is 20.8. The molecule has 154 valence electrons. The van der Waals surface area contributed by atoms with Crippen molar-refractivity contribution in [2.45, 2.75) is 142 Å². The van der Waals surface area contributed by atoms with Crippen LogP contribution >= 0.6 is 0 Å². The molecule has 1 aliphatic rings. The molecule has 0 aromatic carbocycles. The maximum Gasteiger partial charge on any atom is -0.0351 e. The Hall–Kier alpha value is -0.260. The summed E-state index contributed by atoms with van der Waals surface area (Å²) in [6, 6.07) is 0. The molecule has 0 aliphatic heterocycles. The van der Waals surface area contributed by atoms with Crippen molar-refractivity contribution in [1.29, 1.82) is 0 Å². The molecular formula is C26H50. The van der Waals surface area contributed by atoms with Crippen LogP contribution < -0.4 is 0 Å². The van der Waals surface area contributed by atoms with E-state index in [0.29, 0.717) is 0 Å². The van der Waals surface area contributed by atoms with Crippen LogP contribution in [0.4, 0.5) is 0 Å². The molecule has 0 heteroatoms. The standard InChI is InChI=1S/C26H50/c1-3-5-7-9-11-13-15-17-21-25-23-19-20-24-26(25)22-18-16-14-12-10-8-6-4-2/h7,9,25-26H,3-6,8,10-24H2,1-2H3. The lowest BCUT2D eigenvalue weighted by atomic mass is 9.74. The van der Waals surface area contributed by atoms with Crippen molar-refractivity contribution in [3.63, 3.8) is 0 Å². The van der Waals surface area contributed by atoms with Crippen LogP contribution in [-0.4, -0.2) is 0 Å². The highest BCUT2D eigenvalue weighted by Gasteiger charge is 2.23. The second kappa shape index (κ2) is 18.1. The molecule has 0 bridgehead atoms. The Morgan fingerprint density at radius 3 is 1.62 bits per heavy atom. The summed E-state index contributed by atoms with van der Waals surface area (Å²) >= 11 is 0. The summed E-state index contributed by atoms with van der Waals surface area (Å²) < 4.78 is 0. The van der Waals surface area contributed by atoms with Gasteiger partial charge in [0.15, 0.2) is 0 Å². The van der Waals surface area contributed by atoms with E-state index in [2.05, 4.69) is 26.0 Å². The Morgan fingerprint density at radius 1 is 0.538 bits per heavy atom. The van der Waals surface area contributed by atoms with E-state index in [0.717, 1.165) is 11.8 Å². The number of unbranched alkanes of at least 4 members (excludes halogenated alkanes) is 11. The molecular weight excluding hydrogens is 312 g/mol. The number of rotatable bonds is 17. The van der Waals surface area contributed by atoms with Crippen LogP contribution in [0.1, 0.15) is 142 Å². The van der Waals surface area contributed by atoms with Gasteiger partial charge in [-0.05, 0) is 31.1 Å². The van der Waals surface area contributed by atoms with E-state index in [1.807, 2.05) is 0 Å². The second-order valence-electron chi connectivity index (χ2n) is 8.97. The molecule has 26 heavy (non-hydrogen) atoms. The predicted octanol–water partition coefficient (Wildman–Crippen LogP) is 9.63. The second-order valence-corrected chi connectivity index (χ2v) is 8.97. The summed E-state index contributed by atoms with van der Waals surface area (Å²) in [5, 5.41) is 0. The Labute approximate surface area is 166 Å².